The standard InChI is InChI=1S/C14H22O2/c1-5-13(4)8-9-14(16-13)7-6-10(2)11(3)12(14)15/h5,10-11H,1,6-9H2,2-4H3/t10-,11+,13-,14+/m0/s1. The molecule has 0 bridgehead atoms. The fraction of sp³-hybridized carbons (Fsp3) is 0.786. The quantitative estimate of drug-likeness (QED) is 0.637. The van der Waals surface area contributed by atoms with Gasteiger partial charge in [-0.3, -0.25) is 4.79 Å². The lowest BCUT2D eigenvalue weighted by atomic mass is 9.71. The van der Waals surface area contributed by atoms with Crippen molar-refractivity contribution < 1.29 is 9.53 Å². The maximum atomic E-state index is 12.4. The molecule has 0 amide bonds. The molecule has 1 saturated carbocycles. The summed E-state index contributed by atoms with van der Waals surface area (Å²) in [6, 6.07) is 0. The summed E-state index contributed by atoms with van der Waals surface area (Å²) >= 11 is 0. The monoisotopic (exact) mass is 222 g/mol. The second-order valence-electron chi connectivity index (χ2n) is 5.78. The molecular weight excluding hydrogens is 200 g/mol. The van der Waals surface area contributed by atoms with Crippen LogP contribution in [0.1, 0.15) is 46.5 Å². The SMILES string of the molecule is C=C[C@@]1(C)CC[C@@]2(CC[C@H](C)[C@@H](C)C2=O)O1. The molecule has 0 aromatic rings. The van der Waals surface area contributed by atoms with Gasteiger partial charge in [0.05, 0.1) is 5.60 Å². The van der Waals surface area contributed by atoms with Gasteiger partial charge in [0.25, 0.3) is 0 Å². The summed E-state index contributed by atoms with van der Waals surface area (Å²) in [6.45, 7) is 10.1. The first kappa shape index (κ1) is 11.8. The Morgan fingerprint density at radius 3 is 2.62 bits per heavy atom. The lowest BCUT2D eigenvalue weighted by molar-refractivity contribution is -0.159. The number of Topliss-reactive ketones (excluding diaryl/α,β-unsaturated/α-hetero) is 1. The molecule has 1 saturated heterocycles. The fourth-order valence-electron chi connectivity index (χ4n) is 3.00. The van der Waals surface area contributed by atoms with Crippen LogP contribution >= 0.6 is 0 Å². The van der Waals surface area contributed by atoms with Gasteiger partial charge in [-0.05, 0) is 38.5 Å². The van der Waals surface area contributed by atoms with E-state index >= 15 is 0 Å². The van der Waals surface area contributed by atoms with Gasteiger partial charge in [0.1, 0.15) is 5.60 Å². The fourth-order valence-corrected chi connectivity index (χ4v) is 3.00. The molecule has 4 atom stereocenters. The highest BCUT2D eigenvalue weighted by molar-refractivity contribution is 5.90. The molecular formula is C14H22O2. The molecule has 1 aliphatic carbocycles. The van der Waals surface area contributed by atoms with E-state index in [1.165, 1.54) is 0 Å². The molecule has 1 heterocycles. The molecule has 1 spiro atoms. The summed E-state index contributed by atoms with van der Waals surface area (Å²) in [5, 5.41) is 0. The third-order valence-electron chi connectivity index (χ3n) is 4.61. The minimum absolute atomic E-state index is 0.140. The molecule has 2 fully saturated rings. The van der Waals surface area contributed by atoms with Crippen LogP contribution in [-0.4, -0.2) is 17.0 Å². The number of ether oxygens (including phenoxy) is 1. The normalized spacial score (nSPS) is 48.6. The van der Waals surface area contributed by atoms with Gasteiger partial charge in [-0.25, -0.2) is 0 Å². The van der Waals surface area contributed by atoms with Crippen LogP contribution < -0.4 is 0 Å². The largest absolute Gasteiger partial charge is 0.357 e. The molecule has 16 heavy (non-hydrogen) atoms. The third-order valence-corrected chi connectivity index (χ3v) is 4.61. The second kappa shape index (κ2) is 3.69. The highest BCUT2D eigenvalue weighted by Gasteiger charge is 2.53. The van der Waals surface area contributed by atoms with E-state index in [1.807, 2.05) is 19.9 Å². The minimum atomic E-state index is -0.491. The maximum absolute atomic E-state index is 12.4. The zero-order chi connectivity index (χ0) is 12.0. The van der Waals surface area contributed by atoms with Gasteiger partial charge in [0.2, 0.25) is 0 Å². The van der Waals surface area contributed by atoms with Crippen molar-refractivity contribution >= 4 is 5.78 Å². The van der Waals surface area contributed by atoms with Crippen molar-refractivity contribution in [3.63, 3.8) is 0 Å². The zero-order valence-electron chi connectivity index (χ0n) is 10.6. The number of ketones is 1. The Bertz CT molecular complexity index is 323. The third kappa shape index (κ3) is 1.64. The average Bonchev–Trinajstić information content (AvgIpc) is 2.62. The lowest BCUT2D eigenvalue weighted by Gasteiger charge is -2.39. The van der Waals surface area contributed by atoms with Crippen LogP contribution in [0.15, 0.2) is 12.7 Å². The van der Waals surface area contributed by atoms with E-state index in [1.54, 1.807) is 0 Å². The first-order valence-corrected chi connectivity index (χ1v) is 6.30. The molecule has 0 aromatic carbocycles. The van der Waals surface area contributed by atoms with Gasteiger partial charge >= 0.3 is 0 Å². The first-order valence-electron chi connectivity index (χ1n) is 6.30. The number of hydrogen-bond donors (Lipinski definition) is 0. The molecule has 0 N–H and O–H groups in total. The number of carbonyl (C=O) groups excluding carboxylic acids is 1. The Hall–Kier alpha value is -0.630. The zero-order valence-corrected chi connectivity index (χ0v) is 10.6. The van der Waals surface area contributed by atoms with Gasteiger partial charge in [0, 0.05) is 5.92 Å². The van der Waals surface area contributed by atoms with Gasteiger partial charge in [-0.2, -0.15) is 0 Å². The second-order valence-corrected chi connectivity index (χ2v) is 5.78. The van der Waals surface area contributed by atoms with E-state index in [0.717, 1.165) is 25.7 Å². The van der Waals surface area contributed by atoms with Crippen molar-refractivity contribution in [2.45, 2.75) is 57.7 Å². The highest BCUT2D eigenvalue weighted by atomic mass is 16.5. The predicted octanol–water partition coefficient (Wildman–Crippen LogP) is 3.12. The van der Waals surface area contributed by atoms with Crippen LogP contribution in [0.2, 0.25) is 0 Å². The van der Waals surface area contributed by atoms with Crippen molar-refractivity contribution in [3.05, 3.63) is 12.7 Å². The summed E-state index contributed by atoms with van der Waals surface area (Å²) in [6.07, 6.45) is 5.62. The van der Waals surface area contributed by atoms with E-state index in [2.05, 4.69) is 13.5 Å². The average molecular weight is 222 g/mol. The van der Waals surface area contributed by atoms with E-state index in [0.29, 0.717) is 11.7 Å². The molecule has 0 unspecified atom stereocenters. The number of hydrogen-bond acceptors (Lipinski definition) is 2. The van der Waals surface area contributed by atoms with Crippen molar-refractivity contribution in [1.29, 1.82) is 0 Å². The molecule has 2 rings (SSSR count). The molecule has 0 aromatic heterocycles. The predicted molar refractivity (Wildman–Crippen MR) is 64.2 cm³/mol. The summed E-state index contributed by atoms with van der Waals surface area (Å²) in [5.41, 5.74) is -0.787. The van der Waals surface area contributed by atoms with Crippen molar-refractivity contribution in [2.24, 2.45) is 11.8 Å². The van der Waals surface area contributed by atoms with Crippen molar-refractivity contribution in [1.82, 2.24) is 0 Å². The molecule has 90 valence electrons. The van der Waals surface area contributed by atoms with Gasteiger partial charge in [-0.1, -0.05) is 19.9 Å². The Morgan fingerprint density at radius 2 is 2.06 bits per heavy atom. The van der Waals surface area contributed by atoms with Gasteiger partial charge in [-0.15, -0.1) is 6.58 Å². The van der Waals surface area contributed by atoms with E-state index in [9.17, 15) is 4.79 Å². The molecule has 2 aliphatic rings. The lowest BCUT2D eigenvalue weighted by Crippen LogP contribution is -2.48. The molecule has 0 radical (unpaired) electrons. The Morgan fingerprint density at radius 1 is 1.38 bits per heavy atom. The Balaban J connectivity index is 2.22. The van der Waals surface area contributed by atoms with E-state index in [-0.39, 0.29) is 11.5 Å². The molecule has 2 heteroatoms. The maximum Gasteiger partial charge on any atom is 0.167 e. The number of rotatable bonds is 1. The van der Waals surface area contributed by atoms with Gasteiger partial charge in [0.15, 0.2) is 5.78 Å². The topological polar surface area (TPSA) is 26.3 Å². The summed E-state index contributed by atoms with van der Waals surface area (Å²) in [7, 11) is 0. The Kier molecular flexibility index (Phi) is 2.73. The smallest absolute Gasteiger partial charge is 0.167 e. The summed E-state index contributed by atoms with van der Waals surface area (Å²) in [5.74, 6) is 0.954. The highest BCUT2D eigenvalue weighted by Crippen LogP contribution is 2.47. The van der Waals surface area contributed by atoms with Crippen LogP contribution in [0.25, 0.3) is 0 Å². The van der Waals surface area contributed by atoms with E-state index < -0.39 is 5.60 Å². The van der Waals surface area contributed by atoms with Crippen LogP contribution in [0.3, 0.4) is 0 Å². The van der Waals surface area contributed by atoms with Crippen molar-refractivity contribution in [3.8, 4) is 0 Å². The van der Waals surface area contributed by atoms with Crippen LogP contribution in [-0.2, 0) is 9.53 Å². The minimum Gasteiger partial charge on any atom is -0.357 e. The molecule has 1 aliphatic heterocycles. The van der Waals surface area contributed by atoms with Crippen LogP contribution in [0.4, 0.5) is 0 Å². The van der Waals surface area contributed by atoms with Crippen LogP contribution in [0, 0.1) is 11.8 Å². The summed E-state index contributed by atoms with van der Waals surface area (Å²) in [4.78, 5) is 12.4. The molecule has 2 nitrogen and oxygen atoms in total. The van der Waals surface area contributed by atoms with Crippen LogP contribution in [0.5, 0.6) is 0 Å². The van der Waals surface area contributed by atoms with Crippen molar-refractivity contribution in [2.75, 3.05) is 0 Å². The Labute approximate surface area is 98.1 Å². The number of carbonyl (C=O) groups is 1. The van der Waals surface area contributed by atoms with E-state index in [4.69, 9.17) is 4.74 Å². The van der Waals surface area contributed by atoms with Gasteiger partial charge < -0.3 is 4.74 Å². The summed E-state index contributed by atoms with van der Waals surface area (Å²) < 4.78 is 6.09. The first-order chi connectivity index (χ1) is 7.42.